The molecule has 0 aliphatic rings. The smallest absolute Gasteiger partial charge is 0.161 e. The van der Waals surface area contributed by atoms with Crippen LogP contribution in [0, 0.1) is 0 Å². The molecule has 4 heteroatoms. The summed E-state index contributed by atoms with van der Waals surface area (Å²) in [6.07, 6.45) is 1.00. The molecule has 0 aliphatic heterocycles. The second-order valence-electron chi connectivity index (χ2n) is 4.60. The van der Waals surface area contributed by atoms with E-state index in [4.69, 9.17) is 14.2 Å². The quantitative estimate of drug-likeness (QED) is 0.786. The molecule has 0 amide bonds. The van der Waals surface area contributed by atoms with Crippen LogP contribution < -0.4 is 14.8 Å². The SMILES string of the molecule is CCC(NC(C)COC)c1ccc(OC)c(OC)c1. The molecule has 108 valence electrons. The number of nitrogens with one attached hydrogen (secondary N) is 1. The van der Waals surface area contributed by atoms with E-state index in [0.29, 0.717) is 12.6 Å². The van der Waals surface area contributed by atoms with Gasteiger partial charge in [0.15, 0.2) is 11.5 Å². The van der Waals surface area contributed by atoms with Gasteiger partial charge in [-0.15, -0.1) is 0 Å². The molecule has 1 aromatic rings. The molecule has 0 saturated carbocycles. The standard InChI is InChI=1S/C15H25NO3/c1-6-13(16-11(2)10-17-3)12-7-8-14(18-4)15(9-12)19-5/h7-9,11,13,16H,6,10H2,1-5H3. The molecule has 0 bridgehead atoms. The third kappa shape index (κ3) is 4.40. The summed E-state index contributed by atoms with van der Waals surface area (Å²) in [5.74, 6) is 1.52. The van der Waals surface area contributed by atoms with Gasteiger partial charge in [0.2, 0.25) is 0 Å². The Kier molecular flexibility index (Phi) is 6.67. The van der Waals surface area contributed by atoms with E-state index in [1.807, 2.05) is 12.1 Å². The molecule has 0 aliphatic carbocycles. The van der Waals surface area contributed by atoms with Crippen LogP contribution in [0.4, 0.5) is 0 Å². The summed E-state index contributed by atoms with van der Waals surface area (Å²) in [5, 5.41) is 3.55. The van der Waals surface area contributed by atoms with Gasteiger partial charge in [-0.25, -0.2) is 0 Å². The molecule has 0 heterocycles. The number of ether oxygens (including phenoxy) is 3. The van der Waals surface area contributed by atoms with Crippen molar-refractivity contribution in [2.75, 3.05) is 27.9 Å². The number of methoxy groups -OCH3 is 3. The molecule has 0 saturated heterocycles. The van der Waals surface area contributed by atoms with Crippen molar-refractivity contribution in [1.29, 1.82) is 0 Å². The zero-order chi connectivity index (χ0) is 14.3. The minimum Gasteiger partial charge on any atom is -0.493 e. The zero-order valence-electron chi connectivity index (χ0n) is 12.5. The minimum atomic E-state index is 0.282. The third-order valence-electron chi connectivity index (χ3n) is 3.12. The Morgan fingerprint density at radius 3 is 2.32 bits per heavy atom. The summed E-state index contributed by atoms with van der Waals surface area (Å²) in [4.78, 5) is 0. The third-order valence-corrected chi connectivity index (χ3v) is 3.12. The molecule has 1 rings (SSSR count). The van der Waals surface area contributed by atoms with E-state index in [2.05, 4.69) is 25.2 Å². The molecular formula is C15H25NO3. The van der Waals surface area contributed by atoms with Crippen molar-refractivity contribution < 1.29 is 14.2 Å². The number of benzene rings is 1. The minimum absolute atomic E-state index is 0.282. The highest BCUT2D eigenvalue weighted by Crippen LogP contribution is 2.30. The van der Waals surface area contributed by atoms with Gasteiger partial charge in [-0.3, -0.25) is 0 Å². The maximum atomic E-state index is 5.35. The van der Waals surface area contributed by atoms with Crippen LogP contribution in [-0.4, -0.2) is 34.0 Å². The van der Waals surface area contributed by atoms with E-state index in [1.54, 1.807) is 21.3 Å². The van der Waals surface area contributed by atoms with Crippen molar-refractivity contribution in [3.63, 3.8) is 0 Å². The van der Waals surface area contributed by atoms with Crippen LogP contribution in [0.1, 0.15) is 31.9 Å². The second kappa shape index (κ2) is 8.02. The summed E-state index contributed by atoms with van der Waals surface area (Å²) in [6.45, 7) is 4.98. The van der Waals surface area contributed by atoms with Crippen molar-refractivity contribution in [2.24, 2.45) is 0 Å². The van der Waals surface area contributed by atoms with Gasteiger partial charge in [0.25, 0.3) is 0 Å². The van der Waals surface area contributed by atoms with Crippen molar-refractivity contribution >= 4 is 0 Å². The van der Waals surface area contributed by atoms with E-state index in [9.17, 15) is 0 Å². The maximum Gasteiger partial charge on any atom is 0.161 e. The van der Waals surface area contributed by atoms with Crippen LogP contribution in [0.15, 0.2) is 18.2 Å². The number of hydrogen-bond donors (Lipinski definition) is 1. The Bertz CT molecular complexity index is 382. The highest BCUT2D eigenvalue weighted by molar-refractivity contribution is 5.43. The average Bonchev–Trinajstić information content (AvgIpc) is 2.44. The molecule has 4 nitrogen and oxygen atoms in total. The molecule has 2 atom stereocenters. The lowest BCUT2D eigenvalue weighted by Crippen LogP contribution is -2.33. The highest BCUT2D eigenvalue weighted by atomic mass is 16.5. The first-order valence-corrected chi connectivity index (χ1v) is 6.63. The number of hydrogen-bond acceptors (Lipinski definition) is 4. The van der Waals surface area contributed by atoms with Gasteiger partial charge in [0, 0.05) is 19.2 Å². The summed E-state index contributed by atoms with van der Waals surface area (Å²) in [6, 6.07) is 6.63. The van der Waals surface area contributed by atoms with E-state index < -0.39 is 0 Å². The fourth-order valence-corrected chi connectivity index (χ4v) is 2.16. The zero-order valence-corrected chi connectivity index (χ0v) is 12.5. The van der Waals surface area contributed by atoms with Gasteiger partial charge in [-0.1, -0.05) is 13.0 Å². The van der Waals surface area contributed by atoms with Gasteiger partial charge in [-0.2, -0.15) is 0 Å². The topological polar surface area (TPSA) is 39.7 Å². The molecule has 2 unspecified atom stereocenters. The fourth-order valence-electron chi connectivity index (χ4n) is 2.16. The molecule has 19 heavy (non-hydrogen) atoms. The average molecular weight is 267 g/mol. The fraction of sp³-hybridized carbons (Fsp3) is 0.600. The van der Waals surface area contributed by atoms with Crippen LogP contribution >= 0.6 is 0 Å². The molecule has 0 radical (unpaired) electrons. The van der Waals surface area contributed by atoms with Crippen LogP contribution in [-0.2, 0) is 4.74 Å². The van der Waals surface area contributed by atoms with Gasteiger partial charge in [0.1, 0.15) is 0 Å². The van der Waals surface area contributed by atoms with E-state index >= 15 is 0 Å². The lowest BCUT2D eigenvalue weighted by molar-refractivity contribution is 0.166. The Morgan fingerprint density at radius 1 is 1.11 bits per heavy atom. The van der Waals surface area contributed by atoms with Gasteiger partial charge >= 0.3 is 0 Å². The summed E-state index contributed by atoms with van der Waals surface area (Å²) < 4.78 is 15.8. The van der Waals surface area contributed by atoms with E-state index in [1.165, 1.54) is 5.56 Å². The predicted molar refractivity (Wildman–Crippen MR) is 77.1 cm³/mol. The first-order valence-electron chi connectivity index (χ1n) is 6.63. The molecule has 0 spiro atoms. The van der Waals surface area contributed by atoms with Crippen molar-refractivity contribution in [1.82, 2.24) is 5.32 Å². The highest BCUT2D eigenvalue weighted by Gasteiger charge is 2.14. The summed E-state index contributed by atoms with van der Waals surface area (Å²) >= 11 is 0. The van der Waals surface area contributed by atoms with E-state index in [0.717, 1.165) is 17.9 Å². The normalized spacial score (nSPS) is 13.9. The molecule has 1 aromatic carbocycles. The van der Waals surface area contributed by atoms with Crippen LogP contribution in [0.5, 0.6) is 11.5 Å². The molecule has 1 N–H and O–H groups in total. The second-order valence-corrected chi connectivity index (χ2v) is 4.60. The Hall–Kier alpha value is -1.26. The molecule has 0 fully saturated rings. The van der Waals surface area contributed by atoms with Crippen LogP contribution in [0.2, 0.25) is 0 Å². The lowest BCUT2D eigenvalue weighted by Gasteiger charge is -2.23. The first kappa shape index (κ1) is 15.8. The Balaban J connectivity index is 2.86. The summed E-state index contributed by atoms with van der Waals surface area (Å²) in [5.41, 5.74) is 1.20. The van der Waals surface area contributed by atoms with Gasteiger partial charge in [0.05, 0.1) is 20.8 Å². The Labute approximate surface area is 116 Å². The van der Waals surface area contributed by atoms with Gasteiger partial charge < -0.3 is 19.5 Å². The van der Waals surface area contributed by atoms with E-state index in [-0.39, 0.29) is 6.04 Å². The largest absolute Gasteiger partial charge is 0.493 e. The van der Waals surface area contributed by atoms with Crippen molar-refractivity contribution in [3.05, 3.63) is 23.8 Å². The monoisotopic (exact) mass is 267 g/mol. The van der Waals surface area contributed by atoms with Crippen molar-refractivity contribution in [3.8, 4) is 11.5 Å². The van der Waals surface area contributed by atoms with Gasteiger partial charge in [-0.05, 0) is 31.0 Å². The van der Waals surface area contributed by atoms with Crippen LogP contribution in [0.25, 0.3) is 0 Å². The number of rotatable bonds is 8. The lowest BCUT2D eigenvalue weighted by atomic mass is 10.0. The molecule has 0 aromatic heterocycles. The van der Waals surface area contributed by atoms with Crippen molar-refractivity contribution in [2.45, 2.75) is 32.4 Å². The van der Waals surface area contributed by atoms with Crippen LogP contribution in [0.3, 0.4) is 0 Å². The molecular weight excluding hydrogens is 242 g/mol. The summed E-state index contributed by atoms with van der Waals surface area (Å²) in [7, 11) is 5.02. The Morgan fingerprint density at radius 2 is 1.79 bits per heavy atom. The maximum absolute atomic E-state index is 5.35. The predicted octanol–water partition coefficient (Wildman–Crippen LogP) is 2.78. The first-order chi connectivity index (χ1) is 9.15.